The topological polar surface area (TPSA) is 127 Å². The van der Waals surface area contributed by atoms with Crippen LogP contribution in [-0.2, 0) is 14.3 Å². The van der Waals surface area contributed by atoms with E-state index in [1.165, 1.54) is 12.0 Å². The van der Waals surface area contributed by atoms with Gasteiger partial charge in [-0.05, 0) is 56.5 Å². The van der Waals surface area contributed by atoms with Crippen LogP contribution in [-0.4, -0.2) is 49.7 Å². The molecule has 1 aromatic heterocycles. The van der Waals surface area contributed by atoms with Gasteiger partial charge in [-0.15, -0.1) is 0 Å². The summed E-state index contributed by atoms with van der Waals surface area (Å²) in [5.41, 5.74) is -0.453. The number of furan rings is 1. The second kappa shape index (κ2) is 10.1. The fourth-order valence-electron chi connectivity index (χ4n) is 5.18. The smallest absolute Gasteiger partial charge is 0.328 e. The molecule has 2 aromatic carbocycles. The Kier molecular flexibility index (Phi) is 6.83. The normalized spacial score (nSPS) is 19.4. The third-order valence-electron chi connectivity index (χ3n) is 7.42. The fourth-order valence-corrected chi connectivity index (χ4v) is 5.18. The van der Waals surface area contributed by atoms with Crippen molar-refractivity contribution in [2.75, 3.05) is 37.5 Å². The lowest BCUT2D eigenvalue weighted by Gasteiger charge is -2.44. The van der Waals surface area contributed by atoms with E-state index in [1.807, 2.05) is 26.0 Å². The van der Waals surface area contributed by atoms with Gasteiger partial charge in [0.2, 0.25) is 0 Å². The first-order valence-electron chi connectivity index (χ1n) is 12.7. The first kappa shape index (κ1) is 25.7. The minimum absolute atomic E-state index is 0.127. The molecular weight excluding hydrogens is 490 g/mol. The van der Waals surface area contributed by atoms with Crippen LogP contribution in [0.2, 0.25) is 0 Å². The van der Waals surface area contributed by atoms with Gasteiger partial charge in [0.1, 0.15) is 28.9 Å². The number of carbonyl (C=O) groups excluding carboxylic acids is 2. The standard InChI is InChI=1S/C28H31N3O7/c1-16-10-11-20(38-16)25(28(2)14-37-15-28)30-22-21(23(32)24(22)33)29-18-8-6-7-17(13-18)26(34)31-12-5-4-9-19(31)27(35)36-3/h6-8,10-11,13,19,25,29-30H,4-5,9,12,14-15H2,1-3H3. The molecule has 2 fully saturated rings. The number of benzene rings is 1. The van der Waals surface area contributed by atoms with Crippen molar-refractivity contribution in [1.82, 2.24) is 4.90 Å². The Morgan fingerprint density at radius 1 is 1.11 bits per heavy atom. The number of piperidine rings is 1. The Morgan fingerprint density at radius 3 is 2.53 bits per heavy atom. The van der Waals surface area contributed by atoms with Crippen LogP contribution in [0.1, 0.15) is 54.1 Å². The van der Waals surface area contributed by atoms with Crippen molar-refractivity contribution in [2.45, 2.75) is 45.2 Å². The number of rotatable bonds is 8. The van der Waals surface area contributed by atoms with E-state index in [4.69, 9.17) is 13.9 Å². The van der Waals surface area contributed by atoms with E-state index in [0.29, 0.717) is 43.2 Å². The van der Waals surface area contributed by atoms with Crippen LogP contribution in [0.15, 0.2) is 50.4 Å². The Bertz CT molecular complexity index is 1430. The average Bonchev–Trinajstić information content (AvgIpc) is 3.36. The molecule has 1 amide bonds. The second-order valence-corrected chi connectivity index (χ2v) is 10.3. The zero-order chi connectivity index (χ0) is 27.0. The molecule has 0 saturated carbocycles. The molecule has 2 atom stereocenters. The number of esters is 1. The monoisotopic (exact) mass is 521 g/mol. The van der Waals surface area contributed by atoms with Gasteiger partial charge in [-0.1, -0.05) is 13.0 Å². The van der Waals surface area contributed by atoms with Gasteiger partial charge in [0, 0.05) is 23.2 Å². The summed E-state index contributed by atoms with van der Waals surface area (Å²) in [5.74, 6) is 0.669. The zero-order valence-corrected chi connectivity index (χ0v) is 21.7. The quantitative estimate of drug-likeness (QED) is 0.339. The molecule has 200 valence electrons. The lowest BCUT2D eigenvalue weighted by Crippen LogP contribution is -2.49. The number of nitrogens with one attached hydrogen (secondary N) is 2. The summed E-state index contributed by atoms with van der Waals surface area (Å²) in [5, 5.41) is 6.26. The van der Waals surface area contributed by atoms with Crippen molar-refractivity contribution in [1.29, 1.82) is 0 Å². The van der Waals surface area contributed by atoms with Gasteiger partial charge in [0.05, 0.1) is 26.4 Å². The van der Waals surface area contributed by atoms with Gasteiger partial charge in [-0.25, -0.2) is 4.79 Å². The maximum atomic E-state index is 13.3. The summed E-state index contributed by atoms with van der Waals surface area (Å²) >= 11 is 0. The summed E-state index contributed by atoms with van der Waals surface area (Å²) < 4.78 is 16.2. The molecule has 10 nitrogen and oxygen atoms in total. The Balaban J connectivity index is 1.38. The summed E-state index contributed by atoms with van der Waals surface area (Å²) in [6, 6.07) is 9.37. The van der Waals surface area contributed by atoms with Crippen LogP contribution < -0.4 is 21.5 Å². The highest BCUT2D eigenvalue weighted by molar-refractivity contribution is 5.98. The third kappa shape index (κ3) is 4.60. The van der Waals surface area contributed by atoms with Crippen molar-refractivity contribution >= 4 is 28.9 Å². The third-order valence-corrected chi connectivity index (χ3v) is 7.42. The average molecular weight is 522 g/mol. The van der Waals surface area contributed by atoms with Gasteiger partial charge in [0.25, 0.3) is 16.8 Å². The van der Waals surface area contributed by atoms with Gasteiger partial charge >= 0.3 is 5.97 Å². The molecular formula is C28H31N3O7. The number of likely N-dealkylation sites (tertiary alicyclic amines) is 1. The first-order valence-corrected chi connectivity index (χ1v) is 12.7. The highest BCUT2D eigenvalue weighted by atomic mass is 16.5. The molecule has 0 radical (unpaired) electrons. The molecule has 3 heterocycles. The number of hydrogen-bond donors (Lipinski definition) is 2. The second-order valence-electron chi connectivity index (χ2n) is 10.3. The maximum absolute atomic E-state index is 13.3. The van der Waals surface area contributed by atoms with E-state index >= 15 is 0 Å². The van der Waals surface area contributed by atoms with Crippen LogP contribution in [0.25, 0.3) is 0 Å². The number of carbonyl (C=O) groups is 2. The minimum Gasteiger partial charge on any atom is -0.467 e. The largest absolute Gasteiger partial charge is 0.467 e. The number of hydrogen-bond acceptors (Lipinski definition) is 9. The summed E-state index contributed by atoms with van der Waals surface area (Å²) in [7, 11) is 1.32. The zero-order valence-electron chi connectivity index (χ0n) is 21.7. The maximum Gasteiger partial charge on any atom is 0.328 e. The van der Waals surface area contributed by atoms with E-state index in [9.17, 15) is 19.2 Å². The molecule has 0 aliphatic carbocycles. The van der Waals surface area contributed by atoms with Crippen molar-refractivity contribution in [3.8, 4) is 0 Å². The molecule has 0 spiro atoms. The van der Waals surface area contributed by atoms with E-state index < -0.39 is 22.9 Å². The predicted octanol–water partition coefficient (Wildman–Crippen LogP) is 3.29. The van der Waals surface area contributed by atoms with Crippen LogP contribution in [0, 0.1) is 12.3 Å². The van der Waals surface area contributed by atoms with Gasteiger partial charge in [-0.3, -0.25) is 14.4 Å². The van der Waals surface area contributed by atoms with Crippen molar-refractivity contribution < 1.29 is 23.5 Å². The predicted molar refractivity (Wildman–Crippen MR) is 141 cm³/mol. The molecule has 2 unspecified atom stereocenters. The summed E-state index contributed by atoms with van der Waals surface area (Å²) in [6.07, 6.45) is 2.19. The van der Waals surface area contributed by atoms with E-state index in [1.54, 1.807) is 24.3 Å². The molecule has 38 heavy (non-hydrogen) atoms. The molecule has 2 aliphatic heterocycles. The first-order chi connectivity index (χ1) is 18.2. The molecule has 2 saturated heterocycles. The highest BCUT2D eigenvalue weighted by Crippen LogP contribution is 2.43. The number of aryl methyl sites for hydroxylation is 1. The summed E-state index contributed by atoms with van der Waals surface area (Å²) in [6.45, 7) is 5.29. The van der Waals surface area contributed by atoms with Gasteiger partial charge in [0.15, 0.2) is 0 Å². The van der Waals surface area contributed by atoms with Crippen LogP contribution in [0.5, 0.6) is 0 Å². The molecule has 0 bridgehead atoms. The van der Waals surface area contributed by atoms with Crippen LogP contribution in [0.3, 0.4) is 0 Å². The highest BCUT2D eigenvalue weighted by Gasteiger charge is 2.45. The van der Waals surface area contributed by atoms with Crippen LogP contribution >= 0.6 is 0 Å². The SMILES string of the molecule is COC(=O)C1CCCCN1C(=O)c1cccc(Nc2c(NC(c3ccc(C)o3)C3(C)COC3)c(=O)c2=O)c1. The Labute approximate surface area is 219 Å². The molecule has 10 heteroatoms. The van der Waals surface area contributed by atoms with Crippen molar-refractivity contribution in [3.05, 3.63) is 73.9 Å². The lowest BCUT2D eigenvalue weighted by atomic mass is 9.79. The van der Waals surface area contributed by atoms with Crippen molar-refractivity contribution in [2.24, 2.45) is 5.41 Å². The van der Waals surface area contributed by atoms with E-state index in [0.717, 1.165) is 18.6 Å². The van der Waals surface area contributed by atoms with Gasteiger partial charge in [-0.2, -0.15) is 0 Å². The van der Waals surface area contributed by atoms with E-state index in [2.05, 4.69) is 10.6 Å². The fraction of sp³-hybridized carbons (Fsp3) is 0.429. The summed E-state index contributed by atoms with van der Waals surface area (Å²) in [4.78, 5) is 52.3. The number of amides is 1. The number of methoxy groups -OCH3 is 1. The molecule has 3 aromatic rings. The Hall–Kier alpha value is -3.92. The number of anilines is 3. The lowest BCUT2D eigenvalue weighted by molar-refractivity contribution is -0.147. The molecule has 2 N–H and O–H groups in total. The molecule has 5 rings (SSSR count). The van der Waals surface area contributed by atoms with Crippen LogP contribution in [0.4, 0.5) is 17.1 Å². The Morgan fingerprint density at radius 2 is 1.87 bits per heavy atom. The van der Waals surface area contributed by atoms with Crippen molar-refractivity contribution in [3.63, 3.8) is 0 Å². The number of ether oxygens (including phenoxy) is 2. The minimum atomic E-state index is -0.643. The number of nitrogens with zero attached hydrogens (tertiary/aromatic N) is 1. The van der Waals surface area contributed by atoms with Gasteiger partial charge < -0.3 is 29.4 Å². The van der Waals surface area contributed by atoms with E-state index in [-0.39, 0.29) is 28.7 Å². The molecule has 2 aliphatic rings.